The zero-order chi connectivity index (χ0) is 92.0. The molecule has 0 spiro atoms. The lowest BCUT2D eigenvalue weighted by molar-refractivity contribution is -0.155. The van der Waals surface area contributed by atoms with Crippen LogP contribution in [0.4, 0.5) is 0 Å². The maximum absolute atomic E-state index is 15.6. The molecule has 0 saturated carbocycles. The van der Waals surface area contributed by atoms with Gasteiger partial charge in [0.05, 0.1) is 18.9 Å². The van der Waals surface area contributed by atoms with Crippen LogP contribution in [0, 0.1) is 5.92 Å². The highest BCUT2D eigenvalue weighted by Gasteiger charge is 2.46. The van der Waals surface area contributed by atoms with Crippen LogP contribution in [0.2, 0.25) is 0 Å². The molecule has 4 bridgehead atoms. The quantitative estimate of drug-likeness (QED) is 0.0351. The topological polar surface area (TPSA) is 606 Å². The Balaban J connectivity index is 1.08. The van der Waals surface area contributed by atoms with Gasteiger partial charge in [-0.25, -0.2) is 4.79 Å². The van der Waals surface area contributed by atoms with Gasteiger partial charge in [0.1, 0.15) is 115 Å². The van der Waals surface area contributed by atoms with Gasteiger partial charge >= 0.3 is 17.9 Å². The minimum absolute atomic E-state index is 0.00192. The molecule has 5 aromatic rings. The lowest BCUT2D eigenvalue weighted by Crippen LogP contribution is -2.63. The number of fused-ring (bicyclic) bond motifs is 13. The number of carboxylic acids is 1. The van der Waals surface area contributed by atoms with Gasteiger partial charge in [0.2, 0.25) is 88.6 Å². The first-order chi connectivity index (χ1) is 60.4. The van der Waals surface area contributed by atoms with E-state index in [4.69, 9.17) is 9.47 Å². The van der Waals surface area contributed by atoms with E-state index in [2.05, 4.69) is 74.1 Å². The van der Waals surface area contributed by atoms with Crippen LogP contribution in [0.15, 0.2) is 103 Å². The monoisotopic (exact) mass is 1760 g/mol. The highest BCUT2D eigenvalue weighted by atomic mass is 16.5. The Labute approximate surface area is 728 Å². The summed E-state index contributed by atoms with van der Waals surface area (Å²) in [5, 5.41) is 85.5. The van der Waals surface area contributed by atoms with E-state index in [-0.39, 0.29) is 101 Å². The lowest BCUT2D eigenvalue weighted by Gasteiger charge is -2.32. The second-order valence-electron chi connectivity index (χ2n) is 32.7. The molecule has 10 rings (SSSR count). The van der Waals surface area contributed by atoms with Crippen LogP contribution in [0.25, 0.3) is 10.9 Å². The first kappa shape index (κ1) is 95.5. The molecule has 5 aliphatic rings. The number of phenols is 3. The number of phenolic OH excluding ortho intramolecular Hbond substituents is 3. The highest BCUT2D eigenvalue weighted by Crippen LogP contribution is 2.26. The van der Waals surface area contributed by atoms with Crippen LogP contribution >= 0.6 is 0 Å². The third kappa shape index (κ3) is 26.6. The van der Waals surface area contributed by atoms with Gasteiger partial charge < -0.3 is 119 Å². The number of H-pyrrole nitrogens is 1. The average Bonchev–Trinajstić information content (AvgIpc) is 1.76. The summed E-state index contributed by atoms with van der Waals surface area (Å²) in [6.45, 7) is 5.02. The number of aromatic hydroxyl groups is 3. The third-order valence-electron chi connectivity index (χ3n) is 22.4. The average molecular weight is 1770 g/mol. The molecule has 19 N–H and O–H groups in total. The van der Waals surface area contributed by atoms with Crippen molar-refractivity contribution in [3.8, 4) is 17.2 Å². The number of amides is 15. The van der Waals surface area contributed by atoms with Crippen molar-refractivity contribution in [3.05, 3.63) is 126 Å². The number of aromatic amines is 1. The zero-order valence-electron chi connectivity index (χ0n) is 70.6. The molecule has 0 unspecified atom stereocenters. The predicted octanol–water partition coefficient (Wildman–Crippen LogP) is -2.75. The van der Waals surface area contributed by atoms with Crippen molar-refractivity contribution in [2.75, 3.05) is 26.2 Å². The molecule has 5 saturated heterocycles. The molecular weight excluding hydrogens is 1660 g/mol. The zero-order valence-corrected chi connectivity index (χ0v) is 70.6. The molecule has 41 nitrogen and oxygen atoms in total. The maximum Gasteiger partial charge on any atom is 0.326 e. The summed E-state index contributed by atoms with van der Waals surface area (Å²) in [5.74, 6) is -22.0. The smallest absolute Gasteiger partial charge is 0.326 e. The standard InChI is InChI=1S/C86H108N16O25/c1-43(2)34-58-75(113)90-56-14-8-9-31-87-68(108)39-60(77(115)97-64(86(124)125)37-49-21-27-53(107)28-22-49)93-74(112)57-29-30-69(109)126-42-65(98-80(118)66-15-10-32-101(66)85(123)63(96-73(56)111)36-48-19-25-52(106)26-20-48)79(117)94-61(78(116)92-59(76(114)91-57)38-50-41-88-55-13-7-6-12-54(50)55)40-70(110)127-45(4)72(83(121)95-58)100-82(120)71(44(3)103)99-81(119)67-16-11-33-102(67)84(122)62(89-46(5)104)35-47-17-23-51(105)24-18-47/h6-7,12-13,17-28,41,43-45,56-67,71-72,88,103,105-107H,8-11,14-16,29-40,42H2,1-5H3,(H,87,108)(H,89,104)(H,90,113)(H,91,114)(H,92,116)(H,93,112)(H,94,117)(H,95,121)(H,96,111)(H,97,115)(H,98,118)(H,99,119)(H,100,120)(H,124,125)/t44-,45-,56+,57+,58+,59+,60+,61+,62+,63+,64+,65+,66+,67+,71+,72+/m1/s1. The molecule has 0 aliphatic carbocycles. The highest BCUT2D eigenvalue weighted by molar-refractivity contribution is 6.03. The van der Waals surface area contributed by atoms with Crippen molar-refractivity contribution in [1.82, 2.24) is 83.9 Å². The Morgan fingerprint density at radius 1 is 0.543 bits per heavy atom. The number of aromatic nitrogens is 1. The van der Waals surface area contributed by atoms with E-state index in [1.807, 2.05) is 0 Å². The number of aliphatic hydroxyl groups is 1. The number of esters is 2. The number of cyclic esters (lactones) is 1. The van der Waals surface area contributed by atoms with Gasteiger partial charge in [0.15, 0.2) is 0 Å². The van der Waals surface area contributed by atoms with E-state index in [0.29, 0.717) is 33.2 Å². The first-order valence-corrected chi connectivity index (χ1v) is 42.1. The number of carbonyl (C=O) groups excluding carboxylic acids is 17. The third-order valence-corrected chi connectivity index (χ3v) is 22.4. The van der Waals surface area contributed by atoms with E-state index in [9.17, 15) is 59.1 Å². The van der Waals surface area contributed by atoms with Gasteiger partial charge in [0.25, 0.3) is 0 Å². The second-order valence-corrected chi connectivity index (χ2v) is 32.7. The van der Waals surface area contributed by atoms with E-state index in [1.165, 1.54) is 90.8 Å². The molecule has 0 radical (unpaired) electrons. The number of aliphatic hydroxyl groups excluding tert-OH is 1. The second kappa shape index (κ2) is 44.2. The molecule has 15 amide bonds. The molecule has 6 heterocycles. The number of rotatable bonds is 20. The van der Waals surface area contributed by atoms with Crippen molar-refractivity contribution in [2.24, 2.45) is 5.92 Å². The normalized spacial score (nSPS) is 24.8. The van der Waals surface area contributed by atoms with Crippen molar-refractivity contribution >= 4 is 117 Å². The fourth-order valence-electron chi connectivity index (χ4n) is 15.7. The van der Waals surface area contributed by atoms with Crippen LogP contribution in [0.3, 0.4) is 0 Å². The molecule has 4 aromatic carbocycles. The minimum Gasteiger partial charge on any atom is -0.508 e. The fourth-order valence-corrected chi connectivity index (χ4v) is 15.7. The SMILES string of the molecule is CC(=O)N[C@@H](Cc1ccc(O)cc1)C(=O)N1CCC[C@H]1C(=O)N[C@H](C(=O)N[C@@H]1C(=O)N[C@@H](CC(C)C)C(=O)N[C@H]2CCCCNC(=O)C[C@@H](C(=O)N[C@@H](Cc3ccc(O)cc3)C(=O)O)NC(=O)[C@@H]3CCC(=O)OC[C@H](NC(=O)[C@@H]4CCCN4C(=O)[C@H](Cc4ccc(O)cc4)NC2=O)C(=O)N[C@@H](CC(=O)O[C@@H]1C)C(=O)N[C@@H](Cc1c[nH]c2ccccc12)C(=O)N3)[C@@H](C)O. The van der Waals surface area contributed by atoms with Crippen LogP contribution in [0.1, 0.15) is 134 Å². The number of carboxylic acid groups (broad SMARTS) is 1. The molecule has 16 atom stereocenters. The van der Waals surface area contributed by atoms with Gasteiger partial charge in [-0.05, 0) is 142 Å². The largest absolute Gasteiger partial charge is 0.508 e. The number of carbonyl (C=O) groups is 18. The van der Waals surface area contributed by atoms with Gasteiger partial charge in [-0.3, -0.25) is 81.5 Å². The summed E-state index contributed by atoms with van der Waals surface area (Å²) in [5.41, 5.74) is 2.00. The number of ether oxygens (including phenoxy) is 2. The number of para-hydroxylation sites is 1. The Morgan fingerprint density at radius 3 is 1.76 bits per heavy atom. The van der Waals surface area contributed by atoms with Crippen LogP contribution in [-0.4, -0.2) is 270 Å². The van der Waals surface area contributed by atoms with Crippen LogP contribution in [0.5, 0.6) is 17.2 Å². The fraction of sp³-hybridized carbons (Fsp3) is 0.488. The molecule has 5 fully saturated rings. The van der Waals surface area contributed by atoms with E-state index < -0.39 is 254 Å². The number of likely N-dealkylation sites (tertiary alicyclic amines) is 1. The summed E-state index contributed by atoms with van der Waals surface area (Å²) in [7, 11) is 0. The molecule has 5 aliphatic heterocycles. The predicted molar refractivity (Wildman–Crippen MR) is 446 cm³/mol. The molecule has 682 valence electrons. The minimum atomic E-state index is -2.30. The van der Waals surface area contributed by atoms with E-state index in [1.54, 1.807) is 38.1 Å². The van der Waals surface area contributed by atoms with Crippen LogP contribution in [-0.2, 0) is 121 Å². The van der Waals surface area contributed by atoms with Gasteiger partial charge in [-0.1, -0.05) is 68.4 Å². The number of aliphatic carboxylic acids is 1. The number of benzene rings is 4. The van der Waals surface area contributed by atoms with Crippen molar-refractivity contribution < 1.29 is 121 Å². The van der Waals surface area contributed by atoms with Gasteiger partial charge in [0, 0.05) is 75.8 Å². The molecule has 41 heteroatoms. The maximum atomic E-state index is 15.6. The van der Waals surface area contributed by atoms with Crippen molar-refractivity contribution in [2.45, 2.75) is 234 Å². The Hall–Kier alpha value is -13.8. The number of nitrogens with one attached hydrogen (secondary N) is 14. The summed E-state index contributed by atoms with van der Waals surface area (Å²) in [6.07, 6.45) is -8.15. The van der Waals surface area contributed by atoms with E-state index >= 15 is 52.7 Å². The van der Waals surface area contributed by atoms with Gasteiger partial charge in [-0.2, -0.15) is 0 Å². The summed E-state index contributed by atoms with van der Waals surface area (Å²) in [4.78, 5) is 272. The van der Waals surface area contributed by atoms with Crippen LogP contribution < -0.4 is 69.1 Å². The molecule has 127 heavy (non-hydrogen) atoms. The molecular formula is C86H108N16O25. The summed E-state index contributed by atoms with van der Waals surface area (Å²) < 4.78 is 11.6. The van der Waals surface area contributed by atoms with Crippen molar-refractivity contribution in [1.29, 1.82) is 0 Å². The number of hydrogen-bond acceptors (Lipinski definition) is 24. The first-order valence-electron chi connectivity index (χ1n) is 42.1. The number of nitrogens with zero attached hydrogens (tertiary/aromatic N) is 2. The van der Waals surface area contributed by atoms with Gasteiger partial charge in [-0.15, -0.1) is 0 Å². The van der Waals surface area contributed by atoms with Crippen molar-refractivity contribution in [3.63, 3.8) is 0 Å². The Morgan fingerprint density at radius 2 is 1.12 bits per heavy atom. The number of hydrogen-bond donors (Lipinski definition) is 19. The Kier molecular flexibility index (Phi) is 33.2. The lowest BCUT2D eigenvalue weighted by atomic mass is 10.00. The molecule has 1 aromatic heterocycles. The summed E-state index contributed by atoms with van der Waals surface area (Å²) >= 11 is 0. The summed E-state index contributed by atoms with van der Waals surface area (Å²) in [6, 6.07) is -2.32. The Bertz CT molecular complexity index is 4910. The van der Waals surface area contributed by atoms with E-state index in [0.717, 1.165) is 18.7 Å².